The molecule has 20 heavy (non-hydrogen) atoms. The Balaban J connectivity index is 2.21. The quantitative estimate of drug-likeness (QED) is 0.669. The lowest BCUT2D eigenvalue weighted by Crippen LogP contribution is -2.45. The van der Waals surface area contributed by atoms with Gasteiger partial charge in [0.05, 0.1) is 11.0 Å². The number of nitrogens with zero attached hydrogens (tertiary/aromatic N) is 2. The van der Waals surface area contributed by atoms with Crippen molar-refractivity contribution in [3.63, 3.8) is 0 Å². The Hall–Kier alpha value is -1.66. The molecular weight excluding hydrogens is 284 g/mol. The number of rotatable bonds is 2. The van der Waals surface area contributed by atoms with E-state index >= 15 is 0 Å². The van der Waals surface area contributed by atoms with Gasteiger partial charge in [-0.05, 0) is 24.5 Å². The third kappa shape index (κ3) is 2.91. The molecule has 108 valence electrons. The van der Waals surface area contributed by atoms with Gasteiger partial charge >= 0.3 is 0 Å². The summed E-state index contributed by atoms with van der Waals surface area (Å²) in [5, 5.41) is 20.6. The topological polar surface area (TPSA) is 83.7 Å². The van der Waals surface area contributed by atoms with Crippen molar-refractivity contribution in [2.75, 3.05) is 13.1 Å². The fraction of sp³-hybridized carbons (Fsp3) is 0.462. The van der Waals surface area contributed by atoms with Crippen LogP contribution in [-0.4, -0.2) is 40.0 Å². The molecule has 6 nitrogen and oxygen atoms in total. The molecule has 7 heteroatoms. The van der Waals surface area contributed by atoms with Crippen LogP contribution in [0.4, 0.5) is 5.69 Å². The second kappa shape index (κ2) is 5.76. The number of carbonyl (C=O) groups excluding carboxylic acids is 1. The molecule has 1 amide bonds. The highest BCUT2D eigenvalue weighted by atomic mass is 35.5. The maximum absolute atomic E-state index is 12.3. The molecule has 1 aromatic carbocycles. The fourth-order valence-electron chi connectivity index (χ4n) is 2.20. The lowest BCUT2D eigenvalue weighted by molar-refractivity contribution is -0.384. The molecule has 1 saturated heterocycles. The molecule has 2 atom stereocenters. The molecule has 1 N–H and O–H groups in total. The van der Waals surface area contributed by atoms with Crippen LogP contribution in [0.15, 0.2) is 18.2 Å². The smallest absolute Gasteiger partial charge is 0.288 e. The van der Waals surface area contributed by atoms with Gasteiger partial charge in [0.1, 0.15) is 5.02 Å². The molecule has 0 radical (unpaired) electrons. The lowest BCUT2D eigenvalue weighted by Gasteiger charge is -2.34. The molecule has 0 spiro atoms. The summed E-state index contributed by atoms with van der Waals surface area (Å²) in [7, 11) is 0. The summed E-state index contributed by atoms with van der Waals surface area (Å²) in [6.07, 6.45) is 0.151. The monoisotopic (exact) mass is 298 g/mol. The van der Waals surface area contributed by atoms with E-state index in [4.69, 9.17) is 11.6 Å². The molecule has 2 rings (SSSR count). The second-order valence-electron chi connectivity index (χ2n) is 5.01. The second-order valence-corrected chi connectivity index (χ2v) is 5.41. The fourth-order valence-corrected chi connectivity index (χ4v) is 2.39. The van der Waals surface area contributed by atoms with Gasteiger partial charge in [0, 0.05) is 24.7 Å². The first-order valence-electron chi connectivity index (χ1n) is 6.31. The van der Waals surface area contributed by atoms with Crippen molar-refractivity contribution in [2.24, 2.45) is 5.92 Å². The van der Waals surface area contributed by atoms with E-state index in [0.717, 1.165) is 0 Å². The van der Waals surface area contributed by atoms with Gasteiger partial charge < -0.3 is 10.0 Å². The van der Waals surface area contributed by atoms with E-state index < -0.39 is 11.0 Å². The molecule has 2 unspecified atom stereocenters. The zero-order valence-corrected chi connectivity index (χ0v) is 11.7. The van der Waals surface area contributed by atoms with Gasteiger partial charge in [0.15, 0.2) is 0 Å². The minimum atomic E-state index is -0.619. The lowest BCUT2D eigenvalue weighted by atomic mass is 9.95. The summed E-state index contributed by atoms with van der Waals surface area (Å²) in [5.41, 5.74) is -0.0775. The van der Waals surface area contributed by atoms with Gasteiger partial charge in [0.25, 0.3) is 11.6 Å². The maximum Gasteiger partial charge on any atom is 0.288 e. The molecule has 0 bridgehead atoms. The standard InChI is InChI=1S/C13H15ClN2O4/c1-8-4-5-15(7-12(8)17)13(18)9-2-3-10(14)11(6-9)16(19)20/h2-3,6,8,12,17H,4-5,7H2,1H3. The van der Waals surface area contributed by atoms with Crippen LogP contribution >= 0.6 is 11.6 Å². The highest BCUT2D eigenvalue weighted by Gasteiger charge is 2.28. The summed E-state index contributed by atoms with van der Waals surface area (Å²) in [6.45, 7) is 2.71. The van der Waals surface area contributed by atoms with Crippen molar-refractivity contribution in [2.45, 2.75) is 19.4 Å². The van der Waals surface area contributed by atoms with Gasteiger partial charge in [-0.1, -0.05) is 18.5 Å². The summed E-state index contributed by atoms with van der Waals surface area (Å²) >= 11 is 5.72. The summed E-state index contributed by atoms with van der Waals surface area (Å²) in [6, 6.07) is 3.98. The van der Waals surface area contributed by atoms with E-state index in [9.17, 15) is 20.0 Å². The number of halogens is 1. The Morgan fingerprint density at radius 2 is 2.25 bits per heavy atom. The Labute approximate surface area is 121 Å². The molecule has 1 aromatic rings. The highest BCUT2D eigenvalue weighted by Crippen LogP contribution is 2.26. The minimum Gasteiger partial charge on any atom is -0.391 e. The van der Waals surface area contributed by atoms with E-state index in [0.29, 0.717) is 13.0 Å². The first kappa shape index (κ1) is 14.7. The number of likely N-dealkylation sites (tertiary alicyclic amines) is 1. The van der Waals surface area contributed by atoms with Crippen LogP contribution < -0.4 is 0 Å². The molecule has 0 aromatic heterocycles. The molecule has 0 aliphatic carbocycles. The number of carbonyl (C=O) groups is 1. The van der Waals surface area contributed by atoms with Crippen molar-refractivity contribution in [1.82, 2.24) is 4.90 Å². The molecule has 1 aliphatic rings. The van der Waals surface area contributed by atoms with Crippen LogP contribution in [0, 0.1) is 16.0 Å². The van der Waals surface area contributed by atoms with Crippen LogP contribution in [0.1, 0.15) is 23.7 Å². The SMILES string of the molecule is CC1CCN(C(=O)c2ccc(Cl)c([N+](=O)[O-])c2)CC1O. The number of aliphatic hydroxyl groups excluding tert-OH is 1. The van der Waals surface area contributed by atoms with Crippen molar-refractivity contribution >= 4 is 23.2 Å². The third-order valence-electron chi connectivity index (χ3n) is 3.60. The number of hydrogen-bond donors (Lipinski definition) is 1. The molecular formula is C13H15ClN2O4. The predicted molar refractivity (Wildman–Crippen MR) is 73.8 cm³/mol. The van der Waals surface area contributed by atoms with Crippen LogP contribution in [-0.2, 0) is 0 Å². The van der Waals surface area contributed by atoms with Crippen LogP contribution in [0.3, 0.4) is 0 Å². The number of benzene rings is 1. The number of hydrogen-bond acceptors (Lipinski definition) is 4. The summed E-state index contributed by atoms with van der Waals surface area (Å²) in [5.74, 6) is -0.172. The zero-order chi connectivity index (χ0) is 14.9. The van der Waals surface area contributed by atoms with Gasteiger partial charge in [0.2, 0.25) is 0 Å². The van der Waals surface area contributed by atoms with Crippen molar-refractivity contribution in [3.05, 3.63) is 38.9 Å². The van der Waals surface area contributed by atoms with E-state index in [1.165, 1.54) is 23.1 Å². The number of aliphatic hydroxyl groups is 1. The average molecular weight is 299 g/mol. The first-order valence-corrected chi connectivity index (χ1v) is 6.69. The molecule has 0 saturated carbocycles. The Morgan fingerprint density at radius 3 is 2.85 bits per heavy atom. The number of amides is 1. The number of piperidine rings is 1. The number of nitro groups is 1. The zero-order valence-electron chi connectivity index (χ0n) is 11.0. The largest absolute Gasteiger partial charge is 0.391 e. The van der Waals surface area contributed by atoms with Crippen molar-refractivity contribution in [3.8, 4) is 0 Å². The van der Waals surface area contributed by atoms with Crippen molar-refractivity contribution < 1.29 is 14.8 Å². The Kier molecular flexibility index (Phi) is 4.25. The predicted octanol–water partition coefficient (Wildman–Crippen LogP) is 2.09. The van der Waals surface area contributed by atoms with Crippen LogP contribution in [0.2, 0.25) is 5.02 Å². The first-order chi connectivity index (χ1) is 9.40. The number of nitro benzene ring substituents is 1. The maximum atomic E-state index is 12.3. The summed E-state index contributed by atoms with van der Waals surface area (Å²) < 4.78 is 0. The van der Waals surface area contributed by atoms with Crippen molar-refractivity contribution in [1.29, 1.82) is 0 Å². The number of β-amino-alcohol motifs (C(OH)–C–C–N with tert-alkyl or cyclic N) is 1. The van der Waals surface area contributed by atoms with E-state index in [1.807, 2.05) is 6.92 Å². The average Bonchev–Trinajstić information content (AvgIpc) is 2.41. The summed E-state index contributed by atoms with van der Waals surface area (Å²) in [4.78, 5) is 24.0. The molecule has 1 aliphatic heterocycles. The Bertz CT molecular complexity index is 549. The van der Waals surface area contributed by atoms with Crippen LogP contribution in [0.25, 0.3) is 0 Å². The minimum absolute atomic E-state index is 0.00106. The van der Waals surface area contributed by atoms with Gasteiger partial charge in [-0.25, -0.2) is 0 Å². The Morgan fingerprint density at radius 1 is 1.55 bits per heavy atom. The van der Waals surface area contributed by atoms with Gasteiger partial charge in [-0.15, -0.1) is 0 Å². The molecule has 1 fully saturated rings. The normalized spacial score (nSPS) is 22.6. The van der Waals surface area contributed by atoms with Gasteiger partial charge in [-0.2, -0.15) is 0 Å². The van der Waals surface area contributed by atoms with E-state index in [-0.39, 0.29) is 34.6 Å². The highest BCUT2D eigenvalue weighted by molar-refractivity contribution is 6.32. The van der Waals surface area contributed by atoms with E-state index in [1.54, 1.807) is 0 Å². The van der Waals surface area contributed by atoms with E-state index in [2.05, 4.69) is 0 Å². The van der Waals surface area contributed by atoms with Crippen LogP contribution in [0.5, 0.6) is 0 Å². The molecule has 1 heterocycles. The third-order valence-corrected chi connectivity index (χ3v) is 3.92. The van der Waals surface area contributed by atoms with Gasteiger partial charge in [-0.3, -0.25) is 14.9 Å².